The zero-order valence-electron chi connectivity index (χ0n) is 11.0. The second kappa shape index (κ2) is 6.34. The van der Waals surface area contributed by atoms with Gasteiger partial charge in [-0.2, -0.15) is 0 Å². The molecule has 0 atom stereocenters. The minimum atomic E-state index is -0.0880. The molecule has 0 radical (unpaired) electrons. The third kappa shape index (κ3) is 3.91. The fourth-order valence-electron chi connectivity index (χ4n) is 2.75. The highest BCUT2D eigenvalue weighted by Gasteiger charge is 2.32. The molecular formula is C13H21N3O2S. The number of amides is 1. The van der Waals surface area contributed by atoms with Crippen LogP contribution in [0.2, 0.25) is 0 Å². The predicted octanol–water partition coefficient (Wildman–Crippen LogP) is 1.35. The third-order valence-electron chi connectivity index (χ3n) is 3.93. The molecule has 4 N–H and O–H groups in total. The molecule has 1 aliphatic rings. The monoisotopic (exact) mass is 283 g/mol. The fraction of sp³-hybridized carbons (Fsp3) is 0.692. The van der Waals surface area contributed by atoms with Gasteiger partial charge in [-0.1, -0.05) is 30.6 Å². The van der Waals surface area contributed by atoms with Crippen molar-refractivity contribution in [2.24, 2.45) is 11.1 Å². The fourth-order valence-corrected chi connectivity index (χ4v) is 3.33. The number of hydrogen-bond acceptors (Lipinski definition) is 4. The van der Waals surface area contributed by atoms with Crippen LogP contribution in [0.15, 0.2) is 10.2 Å². The Morgan fingerprint density at radius 3 is 2.74 bits per heavy atom. The number of rotatable bonds is 5. The zero-order valence-corrected chi connectivity index (χ0v) is 11.9. The van der Waals surface area contributed by atoms with E-state index < -0.39 is 0 Å². The Hall–Kier alpha value is -1.14. The van der Waals surface area contributed by atoms with Crippen LogP contribution >= 0.6 is 11.3 Å². The summed E-state index contributed by atoms with van der Waals surface area (Å²) < 4.78 is 0. The average Bonchev–Trinajstić information content (AvgIpc) is 2.83. The molecule has 1 amide bonds. The first-order chi connectivity index (χ1) is 9.13. The maximum atomic E-state index is 12.0. The van der Waals surface area contributed by atoms with Gasteiger partial charge in [-0.15, -0.1) is 0 Å². The van der Waals surface area contributed by atoms with Gasteiger partial charge in [0.2, 0.25) is 5.91 Å². The van der Waals surface area contributed by atoms with Crippen molar-refractivity contribution in [3.63, 3.8) is 0 Å². The second-order valence-corrected chi connectivity index (χ2v) is 6.23. The summed E-state index contributed by atoms with van der Waals surface area (Å²) in [6.45, 7) is 0.966. The number of nitrogens with one attached hydrogen (secondary N) is 2. The quantitative estimate of drug-likeness (QED) is 0.762. The predicted molar refractivity (Wildman–Crippen MR) is 76.0 cm³/mol. The molecule has 0 aromatic carbocycles. The molecule has 1 aromatic rings. The Balaban J connectivity index is 1.84. The van der Waals surface area contributed by atoms with Gasteiger partial charge in [-0.25, -0.2) is 0 Å². The van der Waals surface area contributed by atoms with Crippen LogP contribution in [-0.2, 0) is 11.3 Å². The molecule has 0 spiro atoms. The normalized spacial score (nSPS) is 18.2. The lowest BCUT2D eigenvalue weighted by molar-refractivity contribution is -0.124. The van der Waals surface area contributed by atoms with Crippen molar-refractivity contribution in [1.82, 2.24) is 10.3 Å². The van der Waals surface area contributed by atoms with Gasteiger partial charge < -0.3 is 16.0 Å². The summed E-state index contributed by atoms with van der Waals surface area (Å²) >= 11 is 1.11. The largest absolute Gasteiger partial charge is 0.350 e. The zero-order chi connectivity index (χ0) is 13.7. The second-order valence-electron chi connectivity index (χ2n) is 5.39. The Morgan fingerprint density at radius 1 is 1.42 bits per heavy atom. The van der Waals surface area contributed by atoms with Crippen molar-refractivity contribution in [1.29, 1.82) is 0 Å². The van der Waals surface area contributed by atoms with Gasteiger partial charge in [-0.3, -0.25) is 9.59 Å². The van der Waals surface area contributed by atoms with Crippen molar-refractivity contribution in [2.75, 3.05) is 6.54 Å². The van der Waals surface area contributed by atoms with E-state index in [1.807, 2.05) is 0 Å². The maximum absolute atomic E-state index is 12.0. The van der Waals surface area contributed by atoms with Gasteiger partial charge >= 0.3 is 4.87 Å². The molecule has 0 bridgehead atoms. The molecule has 106 valence electrons. The van der Waals surface area contributed by atoms with E-state index in [-0.39, 0.29) is 16.2 Å². The van der Waals surface area contributed by atoms with Gasteiger partial charge in [0.25, 0.3) is 0 Å². The van der Waals surface area contributed by atoms with Gasteiger partial charge in [0.05, 0.1) is 6.54 Å². The number of nitrogens with two attached hydrogens (primary N) is 1. The summed E-state index contributed by atoms with van der Waals surface area (Å²) in [5.41, 5.74) is 6.62. The van der Waals surface area contributed by atoms with E-state index in [9.17, 15) is 9.59 Å². The lowest BCUT2D eigenvalue weighted by atomic mass is 9.71. The maximum Gasteiger partial charge on any atom is 0.304 e. The van der Waals surface area contributed by atoms with Gasteiger partial charge in [0, 0.05) is 17.5 Å². The summed E-state index contributed by atoms with van der Waals surface area (Å²) in [4.78, 5) is 25.6. The Labute approximate surface area is 116 Å². The molecule has 19 heavy (non-hydrogen) atoms. The molecule has 0 saturated heterocycles. The van der Waals surface area contributed by atoms with Crippen LogP contribution in [0.1, 0.15) is 44.2 Å². The van der Waals surface area contributed by atoms with Crippen molar-refractivity contribution >= 4 is 17.2 Å². The first kappa shape index (κ1) is 14.3. The summed E-state index contributed by atoms with van der Waals surface area (Å²) in [5.74, 6) is 0.0272. The number of aromatic amines is 1. The van der Waals surface area contributed by atoms with Crippen LogP contribution in [0.3, 0.4) is 0 Å². The van der Waals surface area contributed by atoms with E-state index in [0.717, 1.165) is 29.9 Å². The van der Waals surface area contributed by atoms with Crippen LogP contribution in [0.4, 0.5) is 0 Å². The van der Waals surface area contributed by atoms with Crippen LogP contribution in [0, 0.1) is 5.41 Å². The molecular weight excluding hydrogens is 262 g/mol. The average molecular weight is 283 g/mol. The number of thiazole rings is 1. The van der Waals surface area contributed by atoms with Crippen LogP contribution in [0.5, 0.6) is 0 Å². The molecule has 1 heterocycles. The van der Waals surface area contributed by atoms with E-state index in [0.29, 0.717) is 19.5 Å². The molecule has 1 saturated carbocycles. The Bertz CT molecular complexity index is 474. The first-order valence-electron chi connectivity index (χ1n) is 6.77. The summed E-state index contributed by atoms with van der Waals surface area (Å²) in [5, 5.41) is 4.60. The molecule has 1 aliphatic carbocycles. The van der Waals surface area contributed by atoms with E-state index >= 15 is 0 Å². The number of aromatic nitrogens is 1. The SMILES string of the molecule is NCC1(CC(=O)NCc2csc(=O)[nH]2)CCCCC1. The summed E-state index contributed by atoms with van der Waals surface area (Å²) in [6.07, 6.45) is 6.18. The van der Waals surface area contributed by atoms with Crippen molar-refractivity contribution in [3.05, 3.63) is 20.7 Å². The van der Waals surface area contributed by atoms with Crippen molar-refractivity contribution < 1.29 is 4.79 Å². The summed E-state index contributed by atoms with van der Waals surface area (Å²) in [6, 6.07) is 0. The molecule has 5 nitrogen and oxygen atoms in total. The molecule has 6 heteroatoms. The van der Waals surface area contributed by atoms with E-state index in [1.54, 1.807) is 5.38 Å². The highest BCUT2D eigenvalue weighted by Crippen LogP contribution is 2.38. The molecule has 0 unspecified atom stereocenters. The Morgan fingerprint density at radius 2 is 2.16 bits per heavy atom. The highest BCUT2D eigenvalue weighted by atomic mass is 32.1. The van der Waals surface area contributed by atoms with Gasteiger partial charge in [0.15, 0.2) is 0 Å². The first-order valence-corrected chi connectivity index (χ1v) is 7.65. The lowest BCUT2D eigenvalue weighted by Gasteiger charge is -2.35. The third-order valence-corrected chi connectivity index (χ3v) is 4.65. The summed E-state index contributed by atoms with van der Waals surface area (Å²) in [7, 11) is 0. The standard InChI is InChI=1S/C13H21N3O2S/c14-9-13(4-2-1-3-5-13)6-11(17)15-7-10-8-19-12(18)16-10/h8H,1-7,9,14H2,(H,15,17)(H,16,18). The minimum absolute atomic E-state index is 0.00954. The number of H-pyrrole nitrogens is 1. The molecule has 2 rings (SSSR count). The Kier molecular flexibility index (Phi) is 4.76. The van der Waals surface area contributed by atoms with Crippen LogP contribution in [0.25, 0.3) is 0 Å². The van der Waals surface area contributed by atoms with E-state index in [4.69, 9.17) is 5.73 Å². The molecule has 1 fully saturated rings. The molecule has 0 aliphatic heterocycles. The van der Waals surface area contributed by atoms with Crippen molar-refractivity contribution in [2.45, 2.75) is 45.1 Å². The minimum Gasteiger partial charge on any atom is -0.350 e. The topological polar surface area (TPSA) is 88.0 Å². The van der Waals surface area contributed by atoms with Crippen LogP contribution < -0.4 is 15.9 Å². The van der Waals surface area contributed by atoms with Crippen molar-refractivity contribution in [3.8, 4) is 0 Å². The van der Waals surface area contributed by atoms with Gasteiger partial charge in [-0.05, 0) is 24.8 Å². The van der Waals surface area contributed by atoms with Crippen LogP contribution in [-0.4, -0.2) is 17.4 Å². The smallest absolute Gasteiger partial charge is 0.304 e. The van der Waals surface area contributed by atoms with E-state index in [1.165, 1.54) is 19.3 Å². The lowest BCUT2D eigenvalue weighted by Crippen LogP contribution is -2.38. The number of hydrogen-bond donors (Lipinski definition) is 3. The van der Waals surface area contributed by atoms with E-state index in [2.05, 4.69) is 10.3 Å². The molecule has 1 aromatic heterocycles. The highest BCUT2D eigenvalue weighted by molar-refractivity contribution is 7.07. The number of carbonyl (C=O) groups excluding carboxylic acids is 1. The van der Waals surface area contributed by atoms with Gasteiger partial charge in [0.1, 0.15) is 0 Å². The number of carbonyl (C=O) groups is 1.